The Labute approximate surface area is 168 Å². The SMILES string of the molecule is Cc1cc(C)cc(CONCC(O)(Cc2ccc(C(F)(F)F)cc2F)C(F)(F)F)c1. The van der Waals surface area contributed by atoms with Crippen molar-refractivity contribution in [2.45, 2.75) is 44.8 Å². The number of hydroxylamine groups is 1. The summed E-state index contributed by atoms with van der Waals surface area (Å²) in [5.41, 5.74) is -0.945. The molecular weight excluding hydrogens is 419 g/mol. The first-order valence-corrected chi connectivity index (χ1v) is 8.78. The minimum absolute atomic E-state index is 0.0922. The predicted molar refractivity (Wildman–Crippen MR) is 94.8 cm³/mol. The number of aryl methyl sites for hydroxylation is 2. The van der Waals surface area contributed by atoms with Crippen LogP contribution in [0.5, 0.6) is 0 Å². The van der Waals surface area contributed by atoms with Gasteiger partial charge in [-0.1, -0.05) is 35.4 Å². The Hall–Kier alpha value is -2.17. The third-order valence-corrected chi connectivity index (χ3v) is 4.38. The number of hydrogen-bond acceptors (Lipinski definition) is 3. The second kappa shape index (κ2) is 8.91. The van der Waals surface area contributed by atoms with E-state index in [-0.39, 0.29) is 12.7 Å². The number of rotatable bonds is 7. The molecule has 0 aromatic heterocycles. The fourth-order valence-electron chi connectivity index (χ4n) is 2.90. The van der Waals surface area contributed by atoms with Crippen LogP contribution in [-0.4, -0.2) is 23.4 Å². The maximum atomic E-state index is 14.0. The number of alkyl halides is 6. The molecule has 0 saturated heterocycles. The molecule has 1 unspecified atom stereocenters. The number of benzene rings is 2. The van der Waals surface area contributed by atoms with Crippen LogP contribution in [0.3, 0.4) is 0 Å². The third-order valence-electron chi connectivity index (χ3n) is 4.38. The Morgan fingerprint density at radius 3 is 2.03 bits per heavy atom. The molecular formula is C20H20F7NO2. The number of hydrogen-bond donors (Lipinski definition) is 2. The Kier molecular flexibility index (Phi) is 7.16. The van der Waals surface area contributed by atoms with Gasteiger partial charge in [0.05, 0.1) is 18.7 Å². The molecule has 0 fully saturated rings. The van der Waals surface area contributed by atoms with E-state index in [0.29, 0.717) is 17.7 Å². The Morgan fingerprint density at radius 2 is 1.53 bits per heavy atom. The maximum absolute atomic E-state index is 14.0. The summed E-state index contributed by atoms with van der Waals surface area (Å²) in [6, 6.07) is 6.56. The Balaban J connectivity index is 2.09. The van der Waals surface area contributed by atoms with Crippen LogP contribution in [0, 0.1) is 19.7 Å². The van der Waals surface area contributed by atoms with Crippen molar-refractivity contribution < 1.29 is 40.7 Å². The standard InChI is InChI=1S/C20H20F7NO2/c1-12-5-13(2)7-14(6-12)10-30-28-11-18(29,20(25,26)27)9-15-3-4-16(8-17(15)21)19(22,23)24/h3-8,28-29H,9-11H2,1-2H3. The molecule has 0 radical (unpaired) electrons. The van der Waals surface area contributed by atoms with Crippen LogP contribution in [0.2, 0.25) is 0 Å². The molecule has 0 heterocycles. The van der Waals surface area contributed by atoms with Crippen molar-refractivity contribution >= 4 is 0 Å². The summed E-state index contributed by atoms with van der Waals surface area (Å²) in [4.78, 5) is 5.00. The minimum Gasteiger partial charge on any atom is -0.379 e. The van der Waals surface area contributed by atoms with E-state index in [9.17, 15) is 35.8 Å². The van der Waals surface area contributed by atoms with Crippen molar-refractivity contribution in [2.75, 3.05) is 6.54 Å². The first-order valence-electron chi connectivity index (χ1n) is 8.78. The highest BCUT2D eigenvalue weighted by atomic mass is 19.4. The maximum Gasteiger partial charge on any atom is 0.418 e. The zero-order valence-corrected chi connectivity index (χ0v) is 16.1. The summed E-state index contributed by atoms with van der Waals surface area (Å²) in [6.07, 6.45) is -11.3. The lowest BCUT2D eigenvalue weighted by Gasteiger charge is -2.31. The van der Waals surface area contributed by atoms with Crippen LogP contribution in [0.25, 0.3) is 0 Å². The van der Waals surface area contributed by atoms with Crippen LogP contribution in [-0.2, 0) is 24.0 Å². The molecule has 1 atom stereocenters. The van der Waals surface area contributed by atoms with Gasteiger partial charge in [0.25, 0.3) is 0 Å². The van der Waals surface area contributed by atoms with E-state index in [1.165, 1.54) is 0 Å². The molecule has 0 spiro atoms. The summed E-state index contributed by atoms with van der Waals surface area (Å²) in [7, 11) is 0. The van der Waals surface area contributed by atoms with Gasteiger partial charge in [0.1, 0.15) is 5.82 Å². The van der Waals surface area contributed by atoms with Gasteiger partial charge in [0, 0.05) is 6.42 Å². The predicted octanol–water partition coefficient (Wildman–Crippen LogP) is 5.02. The Bertz CT molecular complexity index is 860. The van der Waals surface area contributed by atoms with E-state index >= 15 is 0 Å². The van der Waals surface area contributed by atoms with E-state index in [1.54, 1.807) is 12.1 Å². The van der Waals surface area contributed by atoms with E-state index in [2.05, 4.69) is 0 Å². The van der Waals surface area contributed by atoms with Gasteiger partial charge in [-0.2, -0.15) is 31.8 Å². The molecule has 3 nitrogen and oxygen atoms in total. The Morgan fingerprint density at radius 1 is 0.933 bits per heavy atom. The zero-order chi connectivity index (χ0) is 22.7. The van der Waals surface area contributed by atoms with Crippen LogP contribution in [0.1, 0.15) is 27.8 Å². The van der Waals surface area contributed by atoms with Gasteiger partial charge >= 0.3 is 12.4 Å². The van der Waals surface area contributed by atoms with E-state index in [0.717, 1.165) is 11.1 Å². The quantitative estimate of drug-likeness (QED) is 0.362. The molecule has 30 heavy (non-hydrogen) atoms. The molecule has 2 aromatic rings. The summed E-state index contributed by atoms with van der Waals surface area (Å²) in [6.45, 7) is 2.43. The smallest absolute Gasteiger partial charge is 0.379 e. The van der Waals surface area contributed by atoms with E-state index in [4.69, 9.17) is 4.84 Å². The van der Waals surface area contributed by atoms with Crippen LogP contribution >= 0.6 is 0 Å². The second-order valence-corrected chi connectivity index (χ2v) is 7.12. The highest BCUT2D eigenvalue weighted by Crippen LogP contribution is 2.35. The molecule has 0 bridgehead atoms. The van der Waals surface area contributed by atoms with Gasteiger partial charge in [0.15, 0.2) is 5.60 Å². The normalized spacial score (nSPS) is 14.6. The van der Waals surface area contributed by atoms with Crippen molar-refractivity contribution in [1.82, 2.24) is 5.48 Å². The molecule has 2 N–H and O–H groups in total. The van der Waals surface area contributed by atoms with Gasteiger partial charge in [0.2, 0.25) is 0 Å². The fourth-order valence-corrected chi connectivity index (χ4v) is 2.90. The van der Waals surface area contributed by atoms with Crippen molar-refractivity contribution in [3.63, 3.8) is 0 Å². The highest BCUT2D eigenvalue weighted by Gasteiger charge is 2.54. The summed E-state index contributed by atoms with van der Waals surface area (Å²) >= 11 is 0. The lowest BCUT2D eigenvalue weighted by Crippen LogP contribution is -2.54. The average Bonchev–Trinajstić information content (AvgIpc) is 2.58. The molecule has 0 aliphatic carbocycles. The lowest BCUT2D eigenvalue weighted by atomic mass is 9.93. The summed E-state index contributed by atoms with van der Waals surface area (Å²) in [5.74, 6) is -1.50. The lowest BCUT2D eigenvalue weighted by molar-refractivity contribution is -0.264. The summed E-state index contributed by atoms with van der Waals surface area (Å²) in [5, 5.41) is 10.1. The topological polar surface area (TPSA) is 41.5 Å². The minimum atomic E-state index is -5.20. The van der Waals surface area contributed by atoms with Crippen molar-refractivity contribution in [3.05, 3.63) is 70.0 Å². The molecule has 0 aliphatic rings. The average molecular weight is 439 g/mol. The van der Waals surface area contributed by atoms with Gasteiger partial charge < -0.3 is 5.11 Å². The first-order chi connectivity index (χ1) is 13.7. The van der Waals surface area contributed by atoms with Gasteiger partial charge in [-0.05, 0) is 37.1 Å². The number of nitrogens with one attached hydrogen (secondary N) is 1. The first kappa shape index (κ1) is 24.1. The number of aliphatic hydroxyl groups is 1. The van der Waals surface area contributed by atoms with Crippen LogP contribution in [0.4, 0.5) is 30.7 Å². The molecule has 10 heteroatoms. The monoisotopic (exact) mass is 439 g/mol. The third kappa shape index (κ3) is 6.16. The summed E-state index contributed by atoms with van der Waals surface area (Å²) < 4.78 is 91.9. The number of halogens is 7. The molecule has 2 aromatic carbocycles. The van der Waals surface area contributed by atoms with Crippen molar-refractivity contribution in [2.24, 2.45) is 0 Å². The van der Waals surface area contributed by atoms with Crippen molar-refractivity contribution in [3.8, 4) is 0 Å². The molecule has 2 rings (SSSR count). The van der Waals surface area contributed by atoms with Gasteiger partial charge in [-0.25, -0.2) is 4.39 Å². The molecule has 0 amide bonds. The van der Waals surface area contributed by atoms with E-state index < -0.39 is 47.9 Å². The fraction of sp³-hybridized carbons (Fsp3) is 0.400. The highest BCUT2D eigenvalue weighted by molar-refractivity contribution is 5.29. The largest absolute Gasteiger partial charge is 0.418 e. The molecule has 0 saturated carbocycles. The van der Waals surface area contributed by atoms with Crippen LogP contribution in [0.15, 0.2) is 36.4 Å². The van der Waals surface area contributed by atoms with E-state index in [1.807, 2.05) is 25.4 Å². The van der Waals surface area contributed by atoms with Gasteiger partial charge in [-0.3, -0.25) is 4.84 Å². The molecule has 0 aliphatic heterocycles. The van der Waals surface area contributed by atoms with Crippen LogP contribution < -0.4 is 5.48 Å². The van der Waals surface area contributed by atoms with Crippen molar-refractivity contribution in [1.29, 1.82) is 0 Å². The molecule has 166 valence electrons. The van der Waals surface area contributed by atoms with Gasteiger partial charge in [-0.15, -0.1) is 0 Å². The zero-order valence-electron chi connectivity index (χ0n) is 16.1. The second-order valence-electron chi connectivity index (χ2n) is 7.12.